The topological polar surface area (TPSA) is 76.2 Å². The van der Waals surface area contributed by atoms with E-state index in [2.05, 4.69) is 10.3 Å². The molecule has 1 N–H and O–H groups in total. The third kappa shape index (κ3) is 2.37. The second-order valence-electron chi connectivity index (χ2n) is 4.13. The number of carbonyl (C=O) groups is 1. The maximum Gasteiger partial charge on any atom is 0.336 e. The predicted molar refractivity (Wildman–Crippen MR) is 74.8 cm³/mol. The van der Waals surface area contributed by atoms with Crippen molar-refractivity contribution in [1.82, 2.24) is 10.3 Å². The van der Waals surface area contributed by atoms with E-state index in [1.165, 1.54) is 6.07 Å². The quantitative estimate of drug-likeness (QED) is 0.742. The molecule has 1 heterocycles. The van der Waals surface area contributed by atoms with Crippen molar-refractivity contribution in [3.63, 3.8) is 0 Å². The van der Waals surface area contributed by atoms with Crippen molar-refractivity contribution in [2.45, 2.75) is 10.6 Å². The summed E-state index contributed by atoms with van der Waals surface area (Å²) in [6, 6.07) is 12.9. The van der Waals surface area contributed by atoms with Gasteiger partial charge < -0.3 is 5.11 Å². The van der Waals surface area contributed by atoms with Gasteiger partial charge in [-0.05, 0) is 34.6 Å². The van der Waals surface area contributed by atoms with Gasteiger partial charge in [0.1, 0.15) is 11.0 Å². The number of benzene rings is 2. The summed E-state index contributed by atoms with van der Waals surface area (Å²) in [6.07, 6.45) is 0. The molecule has 0 aliphatic rings. The van der Waals surface area contributed by atoms with Crippen molar-refractivity contribution < 1.29 is 14.5 Å². The normalized spacial score (nSPS) is 10.8. The molecule has 0 aliphatic carbocycles. The first-order chi connectivity index (χ1) is 9.75. The number of aromatic nitrogens is 2. The first kappa shape index (κ1) is 12.7. The monoisotopic (exact) mass is 286 g/mol. The predicted octanol–water partition coefficient (Wildman–Crippen LogP) is 3.21. The van der Waals surface area contributed by atoms with Crippen LogP contribution in [-0.2, 0) is 5.75 Å². The highest BCUT2D eigenvalue weighted by Gasteiger charge is 2.16. The molecule has 1 aromatic heterocycles. The lowest BCUT2D eigenvalue weighted by molar-refractivity contribution is 0.0696. The Balaban J connectivity index is 1.98. The molecule has 0 saturated carbocycles. The number of carboxylic acids is 1. The first-order valence-corrected chi connectivity index (χ1v) is 6.89. The van der Waals surface area contributed by atoms with Gasteiger partial charge in [0.05, 0.1) is 5.56 Å². The largest absolute Gasteiger partial charge is 0.478 e. The molecule has 0 atom stereocenters. The molecule has 0 saturated heterocycles. The van der Waals surface area contributed by atoms with Crippen LogP contribution in [-0.4, -0.2) is 21.4 Å². The van der Waals surface area contributed by atoms with Crippen LogP contribution in [0.3, 0.4) is 0 Å². The zero-order valence-electron chi connectivity index (χ0n) is 10.3. The summed E-state index contributed by atoms with van der Waals surface area (Å²) in [5.74, 6) is -0.476. The minimum Gasteiger partial charge on any atom is -0.478 e. The lowest BCUT2D eigenvalue weighted by Gasteiger charge is -2.06. The molecule has 6 heteroatoms. The summed E-state index contributed by atoms with van der Waals surface area (Å²) in [5.41, 5.74) is 1.94. The first-order valence-electron chi connectivity index (χ1n) is 5.91. The minimum absolute atomic E-state index is 0.233. The van der Waals surface area contributed by atoms with E-state index in [1.54, 1.807) is 17.8 Å². The fourth-order valence-corrected chi connectivity index (χ4v) is 2.88. The number of nitrogens with zero attached hydrogens (tertiary/aromatic N) is 2. The lowest BCUT2D eigenvalue weighted by atomic mass is 10.1. The van der Waals surface area contributed by atoms with Gasteiger partial charge in [0.2, 0.25) is 0 Å². The Labute approximate surface area is 118 Å². The zero-order valence-corrected chi connectivity index (χ0v) is 11.1. The number of hydrogen-bond acceptors (Lipinski definition) is 5. The van der Waals surface area contributed by atoms with Crippen molar-refractivity contribution in [2.75, 3.05) is 0 Å². The molecule has 0 spiro atoms. The number of thioether (sulfide) groups is 1. The van der Waals surface area contributed by atoms with Crippen LogP contribution in [0.1, 0.15) is 15.9 Å². The number of carboxylic acid groups (broad SMARTS) is 1. The number of fused-ring (bicyclic) bond motifs is 1. The fraction of sp³-hybridized carbons (Fsp3) is 0.0714. The van der Waals surface area contributed by atoms with Gasteiger partial charge in [0.25, 0.3) is 0 Å². The van der Waals surface area contributed by atoms with Gasteiger partial charge in [-0.25, -0.2) is 9.42 Å². The molecule has 20 heavy (non-hydrogen) atoms. The molecular weight excluding hydrogens is 276 g/mol. The summed E-state index contributed by atoms with van der Waals surface area (Å²) in [7, 11) is 0. The van der Waals surface area contributed by atoms with Crippen LogP contribution in [0.5, 0.6) is 0 Å². The SMILES string of the molecule is O=C(O)c1ccc2nonc2c1CSc1ccccc1. The Kier molecular flexibility index (Phi) is 3.39. The highest BCUT2D eigenvalue weighted by Crippen LogP contribution is 2.28. The highest BCUT2D eigenvalue weighted by atomic mass is 32.2. The molecule has 0 amide bonds. The van der Waals surface area contributed by atoms with Crippen LogP contribution in [0.25, 0.3) is 11.0 Å². The Bertz CT molecular complexity index is 755. The molecule has 0 unspecified atom stereocenters. The average molecular weight is 286 g/mol. The average Bonchev–Trinajstić information content (AvgIpc) is 2.94. The van der Waals surface area contributed by atoms with Crippen molar-refractivity contribution in [2.24, 2.45) is 0 Å². The maximum atomic E-state index is 11.3. The van der Waals surface area contributed by atoms with Gasteiger partial charge in [-0.3, -0.25) is 0 Å². The molecule has 2 aromatic carbocycles. The highest BCUT2D eigenvalue weighted by molar-refractivity contribution is 7.98. The molecule has 0 aliphatic heterocycles. The second kappa shape index (κ2) is 5.34. The standard InChI is InChI=1S/C14H10N2O3S/c17-14(18)10-6-7-12-13(16-19-15-12)11(10)8-20-9-4-2-1-3-5-9/h1-7H,8H2,(H,17,18). The molecule has 0 bridgehead atoms. The number of aromatic carboxylic acids is 1. The zero-order chi connectivity index (χ0) is 13.9. The van der Waals surface area contributed by atoms with E-state index >= 15 is 0 Å². The van der Waals surface area contributed by atoms with Crippen molar-refractivity contribution >= 4 is 28.8 Å². The summed E-state index contributed by atoms with van der Waals surface area (Å²) < 4.78 is 4.69. The van der Waals surface area contributed by atoms with Crippen LogP contribution < -0.4 is 0 Å². The van der Waals surface area contributed by atoms with Gasteiger partial charge in [-0.2, -0.15) is 0 Å². The Morgan fingerprint density at radius 3 is 2.70 bits per heavy atom. The maximum absolute atomic E-state index is 11.3. The van der Waals surface area contributed by atoms with Crippen molar-refractivity contribution in [3.05, 3.63) is 53.6 Å². The number of hydrogen-bond donors (Lipinski definition) is 1. The Morgan fingerprint density at radius 1 is 1.15 bits per heavy atom. The Morgan fingerprint density at radius 2 is 1.95 bits per heavy atom. The van der Waals surface area contributed by atoms with Gasteiger partial charge in [-0.1, -0.05) is 18.2 Å². The van der Waals surface area contributed by atoms with Gasteiger partial charge in [-0.15, -0.1) is 11.8 Å². The van der Waals surface area contributed by atoms with Gasteiger partial charge in [0.15, 0.2) is 0 Å². The second-order valence-corrected chi connectivity index (χ2v) is 5.18. The van der Waals surface area contributed by atoms with E-state index in [9.17, 15) is 9.90 Å². The third-order valence-corrected chi connectivity index (χ3v) is 3.93. The van der Waals surface area contributed by atoms with E-state index in [4.69, 9.17) is 4.63 Å². The van der Waals surface area contributed by atoms with Crippen LogP contribution in [0.15, 0.2) is 52.0 Å². The van der Waals surface area contributed by atoms with Crippen LogP contribution in [0, 0.1) is 0 Å². The van der Waals surface area contributed by atoms with Crippen LogP contribution >= 0.6 is 11.8 Å². The van der Waals surface area contributed by atoms with E-state index in [-0.39, 0.29) is 5.56 Å². The smallest absolute Gasteiger partial charge is 0.336 e. The van der Waals surface area contributed by atoms with E-state index < -0.39 is 5.97 Å². The van der Waals surface area contributed by atoms with E-state index in [0.717, 1.165) is 4.90 Å². The lowest BCUT2D eigenvalue weighted by Crippen LogP contribution is -2.02. The summed E-state index contributed by atoms with van der Waals surface area (Å²) in [6.45, 7) is 0. The van der Waals surface area contributed by atoms with Crippen molar-refractivity contribution in [1.29, 1.82) is 0 Å². The summed E-state index contributed by atoms with van der Waals surface area (Å²) in [4.78, 5) is 12.4. The van der Waals surface area contributed by atoms with E-state index in [1.807, 2.05) is 30.3 Å². The van der Waals surface area contributed by atoms with Gasteiger partial charge in [0, 0.05) is 16.2 Å². The van der Waals surface area contributed by atoms with Crippen molar-refractivity contribution in [3.8, 4) is 0 Å². The van der Waals surface area contributed by atoms with E-state index in [0.29, 0.717) is 22.3 Å². The van der Waals surface area contributed by atoms with Crippen LogP contribution in [0.4, 0.5) is 0 Å². The van der Waals surface area contributed by atoms with Crippen LogP contribution in [0.2, 0.25) is 0 Å². The molecular formula is C14H10N2O3S. The molecule has 5 nitrogen and oxygen atoms in total. The summed E-state index contributed by atoms with van der Waals surface area (Å²) >= 11 is 1.55. The fourth-order valence-electron chi connectivity index (χ4n) is 1.92. The molecule has 0 fully saturated rings. The minimum atomic E-state index is -0.974. The summed E-state index contributed by atoms with van der Waals surface area (Å²) in [5, 5.41) is 16.8. The third-order valence-electron chi connectivity index (χ3n) is 2.89. The van der Waals surface area contributed by atoms with Gasteiger partial charge >= 0.3 is 5.97 Å². The Hall–Kier alpha value is -2.34. The molecule has 0 radical (unpaired) electrons. The molecule has 3 rings (SSSR count). The number of rotatable bonds is 4. The molecule has 100 valence electrons. The molecule has 3 aromatic rings.